The van der Waals surface area contributed by atoms with E-state index in [4.69, 9.17) is 4.89 Å². The van der Waals surface area contributed by atoms with Gasteiger partial charge in [0.15, 0.2) is 0 Å². The second kappa shape index (κ2) is 10.4. The molecule has 9 nitrogen and oxygen atoms in total. The molecule has 0 spiro atoms. The van der Waals surface area contributed by atoms with Crippen molar-refractivity contribution in [2.45, 2.75) is 32.1 Å². The molecule has 10 heteroatoms. The van der Waals surface area contributed by atoms with Crippen molar-refractivity contribution < 1.29 is 32.9 Å². The maximum atomic E-state index is 11.6. The van der Waals surface area contributed by atoms with E-state index in [1.54, 1.807) is 0 Å². The number of hydrogen-bond acceptors (Lipinski definition) is 6. The average molecular weight is 362 g/mol. The van der Waals surface area contributed by atoms with Crippen LogP contribution in [0.2, 0.25) is 0 Å². The molecule has 1 heterocycles. The number of imide groups is 1. The van der Waals surface area contributed by atoms with Crippen LogP contribution in [0.25, 0.3) is 0 Å². The molecular formula is C14H23N2O7P. The molecule has 0 radical (unpaired) electrons. The number of rotatable bonds is 12. The number of amides is 3. The zero-order valence-electron chi connectivity index (χ0n) is 13.6. The van der Waals surface area contributed by atoms with Gasteiger partial charge in [0.2, 0.25) is 5.91 Å². The summed E-state index contributed by atoms with van der Waals surface area (Å²) in [5.41, 5.74) is 0. The van der Waals surface area contributed by atoms with E-state index in [0.717, 1.165) is 31.3 Å². The molecule has 1 unspecified atom stereocenters. The van der Waals surface area contributed by atoms with Crippen molar-refractivity contribution in [1.82, 2.24) is 10.2 Å². The first-order chi connectivity index (χ1) is 11.4. The highest BCUT2D eigenvalue weighted by molar-refractivity contribution is 7.47. The predicted octanol–water partition coefficient (Wildman–Crippen LogP) is 0.741. The Balaban J connectivity index is 1.97. The lowest BCUT2D eigenvalue weighted by atomic mass is 10.2. The third kappa shape index (κ3) is 7.83. The Morgan fingerprint density at radius 1 is 1.21 bits per heavy atom. The molecule has 0 aromatic rings. The van der Waals surface area contributed by atoms with Crippen LogP contribution in [-0.4, -0.2) is 54.3 Å². The smallest absolute Gasteiger partial charge is 0.356 e. The van der Waals surface area contributed by atoms with Crippen LogP contribution in [0.3, 0.4) is 0 Å². The number of phosphoric ester groups is 1. The lowest BCUT2D eigenvalue weighted by Crippen LogP contribution is -2.34. The fourth-order valence-electron chi connectivity index (χ4n) is 1.99. The quantitative estimate of drug-likeness (QED) is 0.298. The number of nitrogens with one attached hydrogen (secondary N) is 1. The Morgan fingerprint density at radius 3 is 2.46 bits per heavy atom. The summed E-state index contributed by atoms with van der Waals surface area (Å²) in [7, 11) is -2.78. The van der Waals surface area contributed by atoms with Crippen molar-refractivity contribution in [3.8, 4) is 0 Å². The van der Waals surface area contributed by atoms with E-state index in [9.17, 15) is 18.9 Å². The third-order valence-electron chi connectivity index (χ3n) is 3.34. The number of phosphoric acid groups is 1. The van der Waals surface area contributed by atoms with Crippen LogP contribution in [0.1, 0.15) is 32.1 Å². The molecular weight excluding hydrogens is 339 g/mol. The van der Waals surface area contributed by atoms with Crippen LogP contribution in [0, 0.1) is 0 Å². The van der Waals surface area contributed by atoms with Crippen molar-refractivity contribution in [1.29, 1.82) is 0 Å². The molecule has 1 aliphatic rings. The van der Waals surface area contributed by atoms with Gasteiger partial charge >= 0.3 is 7.82 Å². The molecule has 1 atom stereocenters. The van der Waals surface area contributed by atoms with Gasteiger partial charge in [-0.3, -0.25) is 28.3 Å². The van der Waals surface area contributed by atoms with Gasteiger partial charge in [-0.15, -0.1) is 0 Å². The summed E-state index contributed by atoms with van der Waals surface area (Å²) < 4.78 is 20.0. The van der Waals surface area contributed by atoms with E-state index >= 15 is 0 Å². The van der Waals surface area contributed by atoms with Gasteiger partial charge in [0, 0.05) is 38.8 Å². The van der Waals surface area contributed by atoms with Gasteiger partial charge in [-0.05, 0) is 12.8 Å². The summed E-state index contributed by atoms with van der Waals surface area (Å²) >= 11 is 0. The third-order valence-corrected chi connectivity index (χ3v) is 4.31. The van der Waals surface area contributed by atoms with Gasteiger partial charge in [-0.1, -0.05) is 12.8 Å². The van der Waals surface area contributed by atoms with E-state index in [2.05, 4.69) is 14.4 Å². The monoisotopic (exact) mass is 362 g/mol. The van der Waals surface area contributed by atoms with Crippen LogP contribution >= 0.6 is 7.82 Å². The molecule has 0 aliphatic carbocycles. The SMILES string of the molecule is COP(=O)(O)OCCCCCCNC(=O)CCN1C(=O)C=CC1=O. The first kappa shape index (κ1) is 20.5. The molecule has 136 valence electrons. The normalized spacial score (nSPS) is 16.5. The molecule has 0 saturated heterocycles. The van der Waals surface area contributed by atoms with Crippen LogP contribution in [0.15, 0.2) is 12.2 Å². The van der Waals surface area contributed by atoms with Crippen molar-refractivity contribution in [2.24, 2.45) is 0 Å². The molecule has 2 N–H and O–H groups in total. The van der Waals surface area contributed by atoms with Crippen molar-refractivity contribution in [3.63, 3.8) is 0 Å². The minimum Gasteiger partial charge on any atom is -0.356 e. The summed E-state index contributed by atoms with van der Waals surface area (Å²) in [6.45, 7) is 0.713. The topological polar surface area (TPSA) is 122 Å². The first-order valence-corrected chi connectivity index (χ1v) is 9.18. The van der Waals surface area contributed by atoms with Crippen molar-refractivity contribution >= 4 is 25.5 Å². The lowest BCUT2D eigenvalue weighted by Gasteiger charge is -2.13. The number of unbranched alkanes of at least 4 members (excludes halogenated alkanes) is 3. The molecule has 0 fully saturated rings. The molecule has 24 heavy (non-hydrogen) atoms. The van der Waals surface area contributed by atoms with E-state index < -0.39 is 19.6 Å². The number of nitrogens with zero attached hydrogens (tertiary/aromatic N) is 1. The van der Waals surface area contributed by atoms with E-state index in [1.165, 1.54) is 12.2 Å². The highest BCUT2D eigenvalue weighted by Gasteiger charge is 2.23. The summed E-state index contributed by atoms with van der Waals surface area (Å²) in [4.78, 5) is 44.2. The van der Waals surface area contributed by atoms with Gasteiger partial charge in [-0.2, -0.15) is 0 Å². The minimum atomic E-state index is -3.89. The average Bonchev–Trinajstić information content (AvgIpc) is 2.86. The Kier molecular flexibility index (Phi) is 8.84. The largest absolute Gasteiger partial charge is 0.471 e. The van der Waals surface area contributed by atoms with Crippen molar-refractivity contribution in [2.75, 3.05) is 26.8 Å². The zero-order chi connectivity index (χ0) is 18.0. The molecule has 1 aliphatic heterocycles. The Hall–Kier alpha value is -1.54. The van der Waals surface area contributed by atoms with E-state index in [1.807, 2.05) is 0 Å². The van der Waals surface area contributed by atoms with Gasteiger partial charge in [0.25, 0.3) is 11.8 Å². The number of carbonyl (C=O) groups excluding carboxylic acids is 3. The Labute approximate surface area is 140 Å². The zero-order valence-corrected chi connectivity index (χ0v) is 14.5. The van der Waals surface area contributed by atoms with Gasteiger partial charge in [0.1, 0.15) is 0 Å². The Morgan fingerprint density at radius 2 is 1.83 bits per heavy atom. The van der Waals surface area contributed by atoms with Crippen molar-refractivity contribution in [3.05, 3.63) is 12.2 Å². The fourth-order valence-corrected chi connectivity index (χ4v) is 2.46. The van der Waals surface area contributed by atoms with Gasteiger partial charge in [0.05, 0.1) is 6.61 Å². The van der Waals surface area contributed by atoms with Gasteiger partial charge in [-0.25, -0.2) is 4.57 Å². The second-order valence-electron chi connectivity index (χ2n) is 5.16. The molecule has 0 bridgehead atoms. The molecule has 0 aromatic heterocycles. The van der Waals surface area contributed by atoms with Crippen LogP contribution in [0.5, 0.6) is 0 Å². The lowest BCUT2D eigenvalue weighted by molar-refractivity contribution is -0.137. The molecule has 3 amide bonds. The first-order valence-electron chi connectivity index (χ1n) is 7.69. The molecule has 0 saturated carbocycles. The Bertz CT molecular complexity index is 517. The number of carbonyl (C=O) groups is 3. The number of hydrogen-bond donors (Lipinski definition) is 2. The van der Waals surface area contributed by atoms with E-state index in [-0.39, 0.29) is 25.5 Å². The standard InChI is InChI=1S/C14H23N2O7P/c1-22-24(20,21)23-11-5-3-2-4-9-15-12(17)8-10-16-13(18)6-7-14(16)19/h6-7H,2-5,8-11H2,1H3,(H,15,17)(H,20,21). The predicted molar refractivity (Wildman–Crippen MR) is 84.7 cm³/mol. The van der Waals surface area contributed by atoms with Crippen LogP contribution < -0.4 is 5.32 Å². The maximum absolute atomic E-state index is 11.6. The highest BCUT2D eigenvalue weighted by Crippen LogP contribution is 2.41. The summed E-state index contributed by atoms with van der Waals surface area (Å²) in [6, 6.07) is 0. The van der Waals surface area contributed by atoms with Crippen LogP contribution in [0.4, 0.5) is 0 Å². The highest BCUT2D eigenvalue weighted by atomic mass is 31.2. The fraction of sp³-hybridized carbons (Fsp3) is 0.643. The molecule has 0 aromatic carbocycles. The summed E-state index contributed by atoms with van der Waals surface area (Å²) in [6.07, 6.45) is 5.46. The summed E-state index contributed by atoms with van der Waals surface area (Å²) in [5, 5.41) is 2.72. The second-order valence-corrected chi connectivity index (χ2v) is 6.72. The summed E-state index contributed by atoms with van der Waals surface area (Å²) in [5.74, 6) is -1.00. The maximum Gasteiger partial charge on any atom is 0.471 e. The van der Waals surface area contributed by atoms with Crippen LogP contribution in [-0.2, 0) is 28.0 Å². The van der Waals surface area contributed by atoms with Gasteiger partial charge < -0.3 is 10.2 Å². The minimum absolute atomic E-state index is 0.0779. The van der Waals surface area contributed by atoms with E-state index in [0.29, 0.717) is 13.0 Å². The molecule has 1 rings (SSSR count).